The molecule has 4 aromatic rings. The number of aliphatic hydroxyl groups excluding tert-OH is 1. The maximum atomic E-state index is 10.7. The first kappa shape index (κ1) is 24.8. The highest BCUT2D eigenvalue weighted by molar-refractivity contribution is 6.30. The highest BCUT2D eigenvalue weighted by Gasteiger charge is 2.23. The highest BCUT2D eigenvalue weighted by atomic mass is 35.5. The number of ether oxygens (including phenoxy) is 1. The summed E-state index contributed by atoms with van der Waals surface area (Å²) in [5.41, 5.74) is 2.68. The highest BCUT2D eigenvalue weighted by Crippen LogP contribution is 2.32. The molecule has 0 saturated heterocycles. The Morgan fingerprint density at radius 1 is 1.11 bits per heavy atom. The summed E-state index contributed by atoms with van der Waals surface area (Å²) < 4.78 is 13.8. The Morgan fingerprint density at radius 2 is 1.89 bits per heavy atom. The summed E-state index contributed by atoms with van der Waals surface area (Å²) >= 11 is 6.08. The molecule has 0 radical (unpaired) electrons. The average Bonchev–Trinajstić information content (AvgIpc) is 3.48. The molecule has 0 aliphatic rings. The summed E-state index contributed by atoms with van der Waals surface area (Å²) in [6, 6.07) is 21.0. The zero-order chi connectivity index (χ0) is 24.6. The minimum atomic E-state index is -0.493. The third-order valence-electron chi connectivity index (χ3n) is 5.68. The number of halogens is 1. The predicted octanol–water partition coefficient (Wildman–Crippen LogP) is 6.55. The molecule has 0 aliphatic carbocycles. The lowest BCUT2D eigenvalue weighted by molar-refractivity contribution is 0.0939. The van der Waals surface area contributed by atoms with Crippen LogP contribution in [-0.2, 0) is 13.1 Å². The smallest absolute Gasteiger partial charge is 0.227 e. The first-order valence-corrected chi connectivity index (χ1v) is 12.0. The van der Waals surface area contributed by atoms with E-state index in [0.717, 1.165) is 29.1 Å². The van der Waals surface area contributed by atoms with E-state index in [-0.39, 0.29) is 0 Å². The molecule has 7 heteroatoms. The number of rotatable bonds is 12. The number of aromatic nitrogens is 2. The zero-order valence-electron chi connectivity index (χ0n) is 19.8. The Labute approximate surface area is 211 Å². The van der Waals surface area contributed by atoms with Gasteiger partial charge in [0.15, 0.2) is 0 Å². The van der Waals surface area contributed by atoms with Gasteiger partial charge in [-0.25, -0.2) is 4.68 Å². The second-order valence-corrected chi connectivity index (χ2v) is 8.88. The Morgan fingerprint density at radius 3 is 2.57 bits per heavy atom. The largest absolute Gasteiger partial charge is 0.468 e. The summed E-state index contributed by atoms with van der Waals surface area (Å²) in [6.45, 7) is 7.29. The number of allylic oxidation sites excluding steroid dienone is 1. The van der Waals surface area contributed by atoms with Crippen molar-refractivity contribution in [1.29, 1.82) is 0 Å². The van der Waals surface area contributed by atoms with E-state index in [2.05, 4.69) is 11.5 Å². The van der Waals surface area contributed by atoms with Gasteiger partial charge >= 0.3 is 0 Å². The Kier molecular flexibility index (Phi) is 8.42. The van der Waals surface area contributed by atoms with Crippen molar-refractivity contribution in [3.63, 3.8) is 0 Å². The summed E-state index contributed by atoms with van der Waals surface area (Å²) in [5, 5.41) is 16.1. The van der Waals surface area contributed by atoms with Crippen molar-refractivity contribution in [2.75, 3.05) is 6.54 Å². The molecule has 182 valence electrons. The lowest BCUT2D eigenvalue weighted by Gasteiger charge is -2.24. The molecule has 4 rings (SSSR count). The van der Waals surface area contributed by atoms with Gasteiger partial charge in [-0.3, -0.25) is 4.90 Å². The van der Waals surface area contributed by atoms with E-state index in [0.29, 0.717) is 42.7 Å². The molecular formula is C28H30ClN3O3. The first-order chi connectivity index (χ1) is 17.0. The average molecular weight is 492 g/mol. The van der Waals surface area contributed by atoms with Gasteiger partial charge in [-0.05, 0) is 68.3 Å². The molecule has 0 saturated carbocycles. The summed E-state index contributed by atoms with van der Waals surface area (Å²) in [4.78, 5) is 2.15. The first-order valence-electron chi connectivity index (χ1n) is 11.6. The molecule has 2 aromatic carbocycles. The molecule has 0 fully saturated rings. The van der Waals surface area contributed by atoms with Crippen molar-refractivity contribution in [3.8, 4) is 17.3 Å². The second-order valence-electron chi connectivity index (χ2n) is 8.44. The number of benzene rings is 2. The SMILES string of the molecule is C=CCC[C@@H](O)CN(Cc1ccco1)Cc1c(C)nn(-c2ccccc2)c1Oc1ccc(Cl)cc1. The molecular weight excluding hydrogens is 462 g/mol. The van der Waals surface area contributed by atoms with E-state index in [1.165, 1.54) is 0 Å². The second kappa shape index (κ2) is 11.9. The maximum absolute atomic E-state index is 10.7. The Hall–Kier alpha value is -3.32. The third kappa shape index (κ3) is 6.63. The number of aliphatic hydroxyl groups is 1. The normalized spacial score (nSPS) is 12.1. The molecule has 0 spiro atoms. The molecule has 1 N–H and O–H groups in total. The number of hydrogen-bond acceptors (Lipinski definition) is 5. The van der Waals surface area contributed by atoms with E-state index in [1.807, 2.05) is 72.3 Å². The Bertz CT molecular complexity index is 1200. The van der Waals surface area contributed by atoms with E-state index in [1.54, 1.807) is 18.4 Å². The van der Waals surface area contributed by atoms with Crippen LogP contribution in [0.4, 0.5) is 0 Å². The minimum Gasteiger partial charge on any atom is -0.468 e. The van der Waals surface area contributed by atoms with Crippen molar-refractivity contribution in [2.45, 2.75) is 39.0 Å². The summed E-state index contributed by atoms with van der Waals surface area (Å²) in [6.07, 6.45) is 4.40. The fraction of sp³-hybridized carbons (Fsp3) is 0.250. The summed E-state index contributed by atoms with van der Waals surface area (Å²) in [5.74, 6) is 2.12. The molecule has 0 amide bonds. The van der Waals surface area contributed by atoms with Crippen molar-refractivity contribution in [1.82, 2.24) is 14.7 Å². The number of nitrogens with zero attached hydrogens (tertiary/aromatic N) is 3. The van der Waals surface area contributed by atoms with Crippen LogP contribution in [0.15, 0.2) is 90.1 Å². The molecule has 0 bridgehead atoms. The van der Waals surface area contributed by atoms with Crippen molar-refractivity contribution < 1.29 is 14.3 Å². The van der Waals surface area contributed by atoms with Gasteiger partial charge in [-0.15, -0.1) is 6.58 Å². The lowest BCUT2D eigenvalue weighted by Crippen LogP contribution is -2.32. The van der Waals surface area contributed by atoms with Crippen LogP contribution < -0.4 is 4.74 Å². The monoisotopic (exact) mass is 491 g/mol. The van der Waals surface area contributed by atoms with Crippen LogP contribution in [-0.4, -0.2) is 32.4 Å². The van der Waals surface area contributed by atoms with Gasteiger partial charge in [-0.2, -0.15) is 5.10 Å². The lowest BCUT2D eigenvalue weighted by atomic mass is 10.1. The van der Waals surface area contributed by atoms with Gasteiger partial charge < -0.3 is 14.3 Å². The number of furan rings is 1. The molecule has 2 heterocycles. The van der Waals surface area contributed by atoms with E-state index in [4.69, 9.17) is 25.9 Å². The minimum absolute atomic E-state index is 0.477. The van der Waals surface area contributed by atoms with Gasteiger partial charge in [0.05, 0.1) is 35.9 Å². The van der Waals surface area contributed by atoms with Gasteiger partial charge in [0.2, 0.25) is 5.88 Å². The van der Waals surface area contributed by atoms with Gasteiger partial charge in [0.25, 0.3) is 0 Å². The number of hydrogen-bond donors (Lipinski definition) is 1. The van der Waals surface area contributed by atoms with Gasteiger partial charge in [-0.1, -0.05) is 35.9 Å². The van der Waals surface area contributed by atoms with E-state index >= 15 is 0 Å². The van der Waals surface area contributed by atoms with Crippen molar-refractivity contribution in [3.05, 3.63) is 108 Å². The van der Waals surface area contributed by atoms with Crippen molar-refractivity contribution >= 4 is 11.6 Å². The van der Waals surface area contributed by atoms with Crippen LogP contribution in [0.3, 0.4) is 0 Å². The van der Waals surface area contributed by atoms with E-state index in [9.17, 15) is 5.11 Å². The van der Waals surface area contributed by atoms with Crippen LogP contribution in [0.25, 0.3) is 5.69 Å². The van der Waals surface area contributed by atoms with Crippen LogP contribution in [0, 0.1) is 6.92 Å². The fourth-order valence-electron chi connectivity index (χ4n) is 3.91. The molecule has 0 aliphatic heterocycles. The van der Waals surface area contributed by atoms with Gasteiger partial charge in [0, 0.05) is 18.1 Å². The Balaban J connectivity index is 1.69. The third-order valence-corrected chi connectivity index (χ3v) is 5.93. The van der Waals surface area contributed by atoms with Gasteiger partial charge in [0.1, 0.15) is 11.5 Å². The van der Waals surface area contributed by atoms with Crippen LogP contribution in [0.2, 0.25) is 5.02 Å². The topological polar surface area (TPSA) is 63.7 Å². The molecule has 35 heavy (non-hydrogen) atoms. The number of aryl methyl sites for hydroxylation is 1. The quantitative estimate of drug-likeness (QED) is 0.228. The molecule has 2 aromatic heterocycles. The van der Waals surface area contributed by atoms with Crippen LogP contribution in [0.5, 0.6) is 11.6 Å². The summed E-state index contributed by atoms with van der Waals surface area (Å²) in [7, 11) is 0. The molecule has 0 unspecified atom stereocenters. The zero-order valence-corrected chi connectivity index (χ0v) is 20.6. The van der Waals surface area contributed by atoms with Crippen molar-refractivity contribution in [2.24, 2.45) is 0 Å². The molecule has 6 nitrogen and oxygen atoms in total. The molecule has 1 atom stereocenters. The van der Waals surface area contributed by atoms with Crippen LogP contribution in [0.1, 0.15) is 29.9 Å². The maximum Gasteiger partial charge on any atom is 0.227 e. The van der Waals surface area contributed by atoms with Crippen LogP contribution >= 0.6 is 11.6 Å². The predicted molar refractivity (Wildman–Crippen MR) is 138 cm³/mol. The fourth-order valence-corrected chi connectivity index (χ4v) is 4.04. The van der Waals surface area contributed by atoms with E-state index < -0.39 is 6.10 Å². The number of para-hydroxylation sites is 1. The standard InChI is InChI=1S/C28H30ClN3O3/c1-3-4-11-24(33)18-31(19-26-12-8-17-34-26)20-27-21(2)30-32(23-9-6-5-7-10-23)28(27)35-25-15-13-22(29)14-16-25/h3,5-10,12-17,24,33H,1,4,11,18-20H2,2H3/t24-/m1/s1.